The first-order valence-corrected chi connectivity index (χ1v) is 8.88. The van der Waals surface area contributed by atoms with Gasteiger partial charge in [-0.05, 0) is 62.7 Å². The van der Waals surface area contributed by atoms with Gasteiger partial charge in [-0.1, -0.05) is 30.2 Å². The van der Waals surface area contributed by atoms with Gasteiger partial charge in [0.15, 0.2) is 5.76 Å². The highest BCUT2D eigenvalue weighted by atomic mass is 35.5. The largest absolute Gasteiger partial charge is 0.454 e. The Morgan fingerprint density at radius 2 is 2.04 bits per heavy atom. The highest BCUT2D eigenvalue weighted by Crippen LogP contribution is 2.25. The minimum absolute atomic E-state index is 0.202. The first-order chi connectivity index (χ1) is 11.6. The highest BCUT2D eigenvalue weighted by Gasteiger charge is 2.22. The van der Waals surface area contributed by atoms with Crippen molar-refractivity contribution in [3.05, 3.63) is 58.5 Å². The van der Waals surface area contributed by atoms with Gasteiger partial charge in [0.2, 0.25) is 0 Å². The van der Waals surface area contributed by atoms with Gasteiger partial charge in [-0.3, -0.25) is 9.69 Å². The zero-order valence-electron chi connectivity index (χ0n) is 13.9. The van der Waals surface area contributed by atoms with Crippen molar-refractivity contribution in [3.63, 3.8) is 0 Å². The van der Waals surface area contributed by atoms with Crippen LogP contribution in [0.2, 0.25) is 5.02 Å². The fourth-order valence-corrected chi connectivity index (χ4v) is 3.31. The van der Waals surface area contributed by atoms with Crippen molar-refractivity contribution in [1.29, 1.82) is 0 Å². The summed E-state index contributed by atoms with van der Waals surface area (Å²) in [6.07, 6.45) is 3.77. The Morgan fingerprint density at radius 1 is 1.25 bits per heavy atom. The molecule has 1 aliphatic heterocycles. The van der Waals surface area contributed by atoms with Crippen LogP contribution in [0.1, 0.15) is 54.1 Å². The van der Waals surface area contributed by atoms with Crippen LogP contribution in [-0.4, -0.2) is 23.9 Å². The molecule has 4 nitrogen and oxygen atoms in total. The standard InChI is InChI=1S/C19H23ClN2O2/c1-14(22-10-3-2-4-11-22)17-8-9-18(24-17)19(23)21-13-15-6-5-7-16(20)12-15/h5-9,12,14H,2-4,10-11,13H2,1H3,(H,21,23)/t14-/m1/s1. The molecule has 128 valence electrons. The molecule has 0 radical (unpaired) electrons. The molecule has 0 unspecified atom stereocenters. The van der Waals surface area contributed by atoms with Gasteiger partial charge in [-0.2, -0.15) is 0 Å². The van der Waals surface area contributed by atoms with E-state index in [1.807, 2.05) is 30.3 Å². The number of halogens is 1. The van der Waals surface area contributed by atoms with E-state index in [0.717, 1.165) is 24.4 Å². The number of nitrogens with zero attached hydrogens (tertiary/aromatic N) is 1. The zero-order chi connectivity index (χ0) is 16.9. The number of nitrogens with one attached hydrogen (secondary N) is 1. The molecule has 2 heterocycles. The molecule has 3 rings (SSSR count). The maximum atomic E-state index is 12.3. The Kier molecular flexibility index (Phi) is 5.59. The van der Waals surface area contributed by atoms with Crippen molar-refractivity contribution in [2.45, 2.75) is 38.8 Å². The summed E-state index contributed by atoms with van der Waals surface area (Å²) < 4.78 is 5.79. The summed E-state index contributed by atoms with van der Waals surface area (Å²) in [7, 11) is 0. The van der Waals surface area contributed by atoms with Crippen LogP contribution < -0.4 is 5.32 Å². The molecule has 1 atom stereocenters. The van der Waals surface area contributed by atoms with Gasteiger partial charge in [0, 0.05) is 11.6 Å². The third kappa shape index (κ3) is 4.19. The normalized spacial score (nSPS) is 16.8. The first-order valence-electron chi connectivity index (χ1n) is 8.50. The molecule has 2 aromatic rings. The number of furan rings is 1. The summed E-state index contributed by atoms with van der Waals surface area (Å²) in [6, 6.07) is 11.3. The first kappa shape index (κ1) is 17.1. The maximum Gasteiger partial charge on any atom is 0.287 e. The Hall–Kier alpha value is -1.78. The van der Waals surface area contributed by atoms with Gasteiger partial charge >= 0.3 is 0 Å². The van der Waals surface area contributed by atoms with E-state index in [4.69, 9.17) is 16.0 Å². The second kappa shape index (κ2) is 7.86. The van der Waals surface area contributed by atoms with Crippen molar-refractivity contribution in [2.24, 2.45) is 0 Å². The molecule has 1 fully saturated rings. The summed E-state index contributed by atoms with van der Waals surface area (Å²) in [6.45, 7) is 4.76. The van der Waals surface area contributed by atoms with Gasteiger partial charge in [0.1, 0.15) is 5.76 Å². The van der Waals surface area contributed by atoms with Crippen LogP contribution >= 0.6 is 11.6 Å². The fraction of sp³-hybridized carbons (Fsp3) is 0.421. The van der Waals surface area contributed by atoms with Gasteiger partial charge in [-0.15, -0.1) is 0 Å². The monoisotopic (exact) mass is 346 g/mol. The van der Waals surface area contributed by atoms with E-state index in [-0.39, 0.29) is 11.9 Å². The van der Waals surface area contributed by atoms with E-state index in [0.29, 0.717) is 17.3 Å². The molecule has 0 aliphatic carbocycles. The summed E-state index contributed by atoms with van der Waals surface area (Å²) in [5, 5.41) is 3.53. The quantitative estimate of drug-likeness (QED) is 0.872. The number of benzene rings is 1. The van der Waals surface area contributed by atoms with Crippen LogP contribution in [0.4, 0.5) is 0 Å². The van der Waals surface area contributed by atoms with E-state index in [2.05, 4.69) is 17.1 Å². The van der Waals surface area contributed by atoms with E-state index >= 15 is 0 Å². The number of carbonyl (C=O) groups is 1. The van der Waals surface area contributed by atoms with Crippen LogP contribution in [0.15, 0.2) is 40.8 Å². The molecule has 24 heavy (non-hydrogen) atoms. The van der Waals surface area contributed by atoms with Crippen molar-refractivity contribution in [2.75, 3.05) is 13.1 Å². The number of carbonyl (C=O) groups excluding carboxylic acids is 1. The Labute approximate surface area is 147 Å². The number of hydrogen-bond donors (Lipinski definition) is 1. The third-order valence-electron chi connectivity index (χ3n) is 4.54. The fourth-order valence-electron chi connectivity index (χ4n) is 3.10. The molecular weight excluding hydrogens is 324 g/mol. The van der Waals surface area contributed by atoms with Crippen LogP contribution in [0.25, 0.3) is 0 Å². The minimum Gasteiger partial charge on any atom is -0.454 e. The van der Waals surface area contributed by atoms with E-state index < -0.39 is 0 Å². The Balaban J connectivity index is 1.59. The number of hydrogen-bond acceptors (Lipinski definition) is 3. The third-order valence-corrected chi connectivity index (χ3v) is 4.78. The predicted octanol–water partition coefficient (Wildman–Crippen LogP) is 4.41. The maximum absolute atomic E-state index is 12.3. The molecule has 0 spiro atoms. The Bertz CT molecular complexity index is 692. The lowest BCUT2D eigenvalue weighted by Gasteiger charge is -2.31. The number of rotatable bonds is 5. The molecule has 0 bridgehead atoms. The molecule has 1 saturated heterocycles. The summed E-state index contributed by atoms with van der Waals surface area (Å²) in [5.74, 6) is 1.01. The number of piperidine rings is 1. The zero-order valence-corrected chi connectivity index (χ0v) is 14.7. The minimum atomic E-state index is -0.202. The average Bonchev–Trinajstić information content (AvgIpc) is 3.10. The highest BCUT2D eigenvalue weighted by molar-refractivity contribution is 6.30. The van der Waals surface area contributed by atoms with Crippen molar-refractivity contribution in [3.8, 4) is 0 Å². The molecule has 1 aromatic heterocycles. The van der Waals surface area contributed by atoms with Crippen LogP contribution in [0.5, 0.6) is 0 Å². The molecule has 1 aliphatic rings. The molecule has 0 saturated carbocycles. The van der Waals surface area contributed by atoms with Crippen molar-refractivity contribution in [1.82, 2.24) is 10.2 Å². The van der Waals surface area contributed by atoms with E-state index in [1.165, 1.54) is 19.3 Å². The lowest BCUT2D eigenvalue weighted by molar-refractivity contribution is 0.0914. The van der Waals surface area contributed by atoms with Gasteiger partial charge < -0.3 is 9.73 Å². The van der Waals surface area contributed by atoms with Crippen molar-refractivity contribution < 1.29 is 9.21 Å². The van der Waals surface area contributed by atoms with Gasteiger partial charge in [0.25, 0.3) is 5.91 Å². The van der Waals surface area contributed by atoms with Crippen molar-refractivity contribution >= 4 is 17.5 Å². The van der Waals surface area contributed by atoms with Crippen LogP contribution in [0.3, 0.4) is 0 Å². The number of amides is 1. The lowest BCUT2D eigenvalue weighted by Crippen LogP contribution is -2.32. The lowest BCUT2D eigenvalue weighted by atomic mass is 10.1. The smallest absolute Gasteiger partial charge is 0.287 e. The topological polar surface area (TPSA) is 45.5 Å². The predicted molar refractivity (Wildman–Crippen MR) is 95.2 cm³/mol. The van der Waals surface area contributed by atoms with Gasteiger partial charge in [-0.25, -0.2) is 0 Å². The Morgan fingerprint density at radius 3 is 2.79 bits per heavy atom. The van der Waals surface area contributed by atoms with Crippen LogP contribution in [-0.2, 0) is 6.54 Å². The van der Waals surface area contributed by atoms with Crippen LogP contribution in [0, 0.1) is 0 Å². The summed E-state index contributed by atoms with van der Waals surface area (Å²) in [5.41, 5.74) is 0.962. The molecular formula is C19H23ClN2O2. The molecule has 1 aromatic carbocycles. The summed E-state index contributed by atoms with van der Waals surface area (Å²) in [4.78, 5) is 14.7. The molecule has 1 amide bonds. The summed E-state index contributed by atoms with van der Waals surface area (Å²) >= 11 is 5.95. The van der Waals surface area contributed by atoms with E-state index in [9.17, 15) is 4.79 Å². The number of likely N-dealkylation sites (tertiary alicyclic amines) is 1. The second-order valence-electron chi connectivity index (χ2n) is 6.29. The van der Waals surface area contributed by atoms with E-state index in [1.54, 1.807) is 6.07 Å². The molecule has 1 N–H and O–H groups in total. The van der Waals surface area contributed by atoms with Gasteiger partial charge in [0.05, 0.1) is 6.04 Å². The SMILES string of the molecule is C[C@H](c1ccc(C(=O)NCc2cccc(Cl)c2)o1)N1CCCCC1. The second-order valence-corrected chi connectivity index (χ2v) is 6.72. The molecule has 5 heteroatoms. The average molecular weight is 347 g/mol.